The first-order chi connectivity index (χ1) is 8.28. The minimum absolute atomic E-state index is 0.687. The van der Waals surface area contributed by atoms with E-state index >= 15 is 0 Å². The lowest BCUT2D eigenvalue weighted by Crippen LogP contribution is -2.36. The maximum atomic E-state index is 5.16. The van der Waals surface area contributed by atoms with Gasteiger partial charge in [-0.25, -0.2) is 0 Å². The Morgan fingerprint density at radius 3 is 2.76 bits per heavy atom. The van der Waals surface area contributed by atoms with Gasteiger partial charge in [0.1, 0.15) is 5.75 Å². The molecule has 1 aliphatic heterocycles. The van der Waals surface area contributed by atoms with E-state index in [1.54, 1.807) is 7.11 Å². The first kappa shape index (κ1) is 12.9. The zero-order valence-corrected chi connectivity index (χ0v) is 11.9. The Hall–Kier alpha value is -0.540. The summed E-state index contributed by atoms with van der Waals surface area (Å²) in [5, 5.41) is 0. The van der Waals surface area contributed by atoms with Gasteiger partial charge in [0, 0.05) is 17.9 Å². The maximum Gasteiger partial charge on any atom is 0.118 e. The number of nitrogens with zero attached hydrogens (tertiary/aromatic N) is 1. The number of alkyl halides is 1. The van der Waals surface area contributed by atoms with E-state index in [0.717, 1.165) is 18.7 Å². The van der Waals surface area contributed by atoms with Gasteiger partial charge in [-0.05, 0) is 43.5 Å². The zero-order chi connectivity index (χ0) is 12.1. The SMILES string of the molecule is COc1ccc(CCN2CCCC(Br)C2)cc1. The van der Waals surface area contributed by atoms with Gasteiger partial charge in [0.25, 0.3) is 0 Å². The van der Waals surface area contributed by atoms with E-state index in [1.807, 2.05) is 12.1 Å². The summed E-state index contributed by atoms with van der Waals surface area (Å²) in [5.74, 6) is 0.937. The molecule has 17 heavy (non-hydrogen) atoms. The molecule has 1 aromatic rings. The van der Waals surface area contributed by atoms with E-state index in [0.29, 0.717) is 4.83 Å². The van der Waals surface area contributed by atoms with Gasteiger partial charge in [-0.3, -0.25) is 0 Å². The third-order valence-corrected chi connectivity index (χ3v) is 4.07. The second kappa shape index (κ2) is 6.41. The monoisotopic (exact) mass is 297 g/mol. The normalized spacial score (nSPS) is 21.4. The number of likely N-dealkylation sites (tertiary alicyclic amines) is 1. The molecule has 0 N–H and O–H groups in total. The smallest absolute Gasteiger partial charge is 0.118 e. The van der Waals surface area contributed by atoms with Crippen LogP contribution in [0.15, 0.2) is 24.3 Å². The molecule has 2 rings (SSSR count). The van der Waals surface area contributed by atoms with Crippen molar-refractivity contribution in [3.05, 3.63) is 29.8 Å². The van der Waals surface area contributed by atoms with Gasteiger partial charge in [-0.15, -0.1) is 0 Å². The van der Waals surface area contributed by atoms with Crippen molar-refractivity contribution in [2.24, 2.45) is 0 Å². The lowest BCUT2D eigenvalue weighted by Gasteiger charge is -2.29. The van der Waals surface area contributed by atoms with Gasteiger partial charge < -0.3 is 9.64 Å². The highest BCUT2D eigenvalue weighted by atomic mass is 79.9. The number of methoxy groups -OCH3 is 1. The summed E-state index contributed by atoms with van der Waals surface area (Å²) in [6.07, 6.45) is 3.77. The highest BCUT2D eigenvalue weighted by molar-refractivity contribution is 9.09. The molecule has 1 fully saturated rings. The number of halogens is 1. The number of hydrogen-bond donors (Lipinski definition) is 0. The first-order valence-electron chi connectivity index (χ1n) is 6.27. The number of rotatable bonds is 4. The van der Waals surface area contributed by atoms with E-state index in [4.69, 9.17) is 4.74 Å². The van der Waals surface area contributed by atoms with E-state index in [1.165, 1.54) is 31.5 Å². The molecule has 1 heterocycles. The molecule has 1 aliphatic rings. The Labute approximate surface area is 112 Å². The quantitative estimate of drug-likeness (QED) is 0.792. The van der Waals surface area contributed by atoms with Crippen LogP contribution in [0.3, 0.4) is 0 Å². The Morgan fingerprint density at radius 1 is 1.35 bits per heavy atom. The van der Waals surface area contributed by atoms with Crippen LogP contribution in [0.5, 0.6) is 5.75 Å². The molecule has 0 saturated carbocycles. The Morgan fingerprint density at radius 2 is 2.12 bits per heavy atom. The zero-order valence-electron chi connectivity index (χ0n) is 10.4. The second-order valence-corrected chi connectivity index (χ2v) is 5.93. The molecule has 0 aliphatic carbocycles. The molecular weight excluding hydrogens is 278 g/mol. The first-order valence-corrected chi connectivity index (χ1v) is 7.19. The van der Waals surface area contributed by atoms with Crippen molar-refractivity contribution in [1.82, 2.24) is 4.90 Å². The average molecular weight is 298 g/mol. The molecule has 0 radical (unpaired) electrons. The van der Waals surface area contributed by atoms with Crippen LogP contribution in [0.25, 0.3) is 0 Å². The fourth-order valence-electron chi connectivity index (χ4n) is 2.28. The summed E-state index contributed by atoms with van der Waals surface area (Å²) >= 11 is 3.72. The van der Waals surface area contributed by atoms with Crippen molar-refractivity contribution in [2.45, 2.75) is 24.1 Å². The maximum absolute atomic E-state index is 5.16. The molecule has 1 aromatic carbocycles. The molecule has 1 saturated heterocycles. The van der Waals surface area contributed by atoms with Crippen molar-refractivity contribution in [1.29, 1.82) is 0 Å². The van der Waals surface area contributed by atoms with Gasteiger partial charge in [-0.2, -0.15) is 0 Å². The fourth-order valence-corrected chi connectivity index (χ4v) is 3.01. The van der Waals surface area contributed by atoms with E-state index in [9.17, 15) is 0 Å². The number of hydrogen-bond acceptors (Lipinski definition) is 2. The molecule has 1 atom stereocenters. The van der Waals surface area contributed by atoms with Gasteiger partial charge in [0.2, 0.25) is 0 Å². The number of piperidine rings is 1. The molecule has 2 nitrogen and oxygen atoms in total. The van der Waals surface area contributed by atoms with Crippen LogP contribution in [0.4, 0.5) is 0 Å². The molecule has 0 spiro atoms. The Balaban J connectivity index is 1.80. The molecular formula is C14H20BrNO. The Bertz CT molecular complexity index is 339. The summed E-state index contributed by atoms with van der Waals surface area (Å²) in [6, 6.07) is 8.40. The van der Waals surface area contributed by atoms with Gasteiger partial charge in [0.15, 0.2) is 0 Å². The van der Waals surface area contributed by atoms with E-state index < -0.39 is 0 Å². The Kier molecular flexibility index (Phi) is 4.86. The molecule has 3 heteroatoms. The van der Waals surface area contributed by atoms with Crippen LogP contribution in [0.2, 0.25) is 0 Å². The third-order valence-electron chi connectivity index (χ3n) is 3.32. The van der Waals surface area contributed by atoms with Crippen molar-refractivity contribution < 1.29 is 4.74 Å². The third kappa shape index (κ3) is 4.00. The lowest BCUT2D eigenvalue weighted by molar-refractivity contribution is 0.238. The largest absolute Gasteiger partial charge is 0.497 e. The minimum Gasteiger partial charge on any atom is -0.497 e. The van der Waals surface area contributed by atoms with Crippen LogP contribution < -0.4 is 4.74 Å². The van der Waals surface area contributed by atoms with Gasteiger partial charge in [0.05, 0.1) is 7.11 Å². The van der Waals surface area contributed by atoms with Crippen molar-refractivity contribution in [3.63, 3.8) is 0 Å². The van der Waals surface area contributed by atoms with Gasteiger partial charge in [-0.1, -0.05) is 28.1 Å². The van der Waals surface area contributed by atoms with Crippen molar-refractivity contribution in [2.75, 3.05) is 26.7 Å². The summed E-state index contributed by atoms with van der Waals surface area (Å²) in [5.41, 5.74) is 1.39. The van der Waals surface area contributed by atoms with E-state index in [2.05, 4.69) is 33.0 Å². The van der Waals surface area contributed by atoms with Crippen LogP contribution in [-0.2, 0) is 6.42 Å². The average Bonchev–Trinajstić information content (AvgIpc) is 2.37. The summed E-state index contributed by atoms with van der Waals surface area (Å²) in [6.45, 7) is 3.60. The molecule has 94 valence electrons. The predicted octanol–water partition coefficient (Wildman–Crippen LogP) is 3.10. The van der Waals surface area contributed by atoms with Crippen LogP contribution in [-0.4, -0.2) is 36.5 Å². The molecule has 1 unspecified atom stereocenters. The van der Waals surface area contributed by atoms with Crippen molar-refractivity contribution >= 4 is 15.9 Å². The number of ether oxygens (including phenoxy) is 1. The standard InChI is InChI=1S/C14H20BrNO/c1-17-14-6-4-12(5-7-14)8-10-16-9-2-3-13(15)11-16/h4-7,13H,2-3,8-11H2,1H3. The van der Waals surface area contributed by atoms with Crippen LogP contribution in [0, 0.1) is 0 Å². The van der Waals surface area contributed by atoms with Crippen molar-refractivity contribution in [3.8, 4) is 5.75 Å². The molecule has 0 bridgehead atoms. The topological polar surface area (TPSA) is 12.5 Å². The molecule has 0 aromatic heterocycles. The lowest BCUT2D eigenvalue weighted by atomic mass is 10.1. The van der Waals surface area contributed by atoms with Crippen LogP contribution >= 0.6 is 15.9 Å². The fraction of sp³-hybridized carbons (Fsp3) is 0.571. The summed E-state index contributed by atoms with van der Waals surface area (Å²) in [7, 11) is 1.71. The highest BCUT2D eigenvalue weighted by Gasteiger charge is 2.16. The summed E-state index contributed by atoms with van der Waals surface area (Å²) in [4.78, 5) is 3.24. The summed E-state index contributed by atoms with van der Waals surface area (Å²) < 4.78 is 5.16. The van der Waals surface area contributed by atoms with Crippen LogP contribution in [0.1, 0.15) is 18.4 Å². The minimum atomic E-state index is 0.687. The predicted molar refractivity (Wildman–Crippen MR) is 75.1 cm³/mol. The number of benzene rings is 1. The van der Waals surface area contributed by atoms with Gasteiger partial charge >= 0.3 is 0 Å². The molecule has 0 amide bonds. The van der Waals surface area contributed by atoms with E-state index in [-0.39, 0.29) is 0 Å². The second-order valence-electron chi connectivity index (χ2n) is 4.64. The highest BCUT2D eigenvalue weighted by Crippen LogP contribution is 2.17.